The molecule has 0 saturated carbocycles. The number of hydrogen-bond donors (Lipinski definition) is 1. The molecule has 0 radical (unpaired) electrons. The quantitative estimate of drug-likeness (QED) is 0.894. The van der Waals surface area contributed by atoms with Crippen molar-refractivity contribution >= 4 is 16.5 Å². The molecule has 1 saturated heterocycles. The largest absolute Gasteiger partial charge is 0.372 e. The number of fused-ring (bicyclic) bond motifs is 1. The van der Waals surface area contributed by atoms with Gasteiger partial charge in [-0.2, -0.15) is 0 Å². The maximum atomic E-state index is 5.79. The molecule has 0 aliphatic carbocycles. The third-order valence-electron chi connectivity index (χ3n) is 4.03. The second kappa shape index (κ2) is 5.60. The zero-order valence-electron chi connectivity index (χ0n) is 12.8. The van der Waals surface area contributed by atoms with Crippen LogP contribution in [0, 0.1) is 0 Å². The molecule has 0 bridgehead atoms. The van der Waals surface area contributed by atoms with Crippen LogP contribution >= 0.6 is 11.3 Å². The molecule has 2 atom stereocenters. The topological polar surface area (TPSA) is 68.1 Å². The van der Waals surface area contributed by atoms with E-state index in [9.17, 15) is 0 Å². The zero-order chi connectivity index (χ0) is 15.1. The minimum Gasteiger partial charge on any atom is -0.372 e. The van der Waals surface area contributed by atoms with Gasteiger partial charge in [0.25, 0.3) is 0 Å². The van der Waals surface area contributed by atoms with Gasteiger partial charge >= 0.3 is 0 Å². The standard InChI is InChI=1S/C14H20N6OS/c1-9-6-19(7-10(2)21-9)14-16-11(8-22-14)13-18-17-12-5-15-3-4-20(12)13/h8-10,15H,3-7H2,1-2H3. The lowest BCUT2D eigenvalue weighted by Crippen LogP contribution is -2.45. The summed E-state index contributed by atoms with van der Waals surface area (Å²) in [7, 11) is 0. The van der Waals surface area contributed by atoms with Gasteiger partial charge in [0.05, 0.1) is 18.8 Å². The average Bonchev–Trinajstić information content (AvgIpc) is 3.12. The van der Waals surface area contributed by atoms with Crippen molar-refractivity contribution < 1.29 is 4.74 Å². The van der Waals surface area contributed by atoms with Gasteiger partial charge in [0, 0.05) is 31.6 Å². The van der Waals surface area contributed by atoms with Crippen LogP contribution in [0.4, 0.5) is 5.13 Å². The van der Waals surface area contributed by atoms with Gasteiger partial charge in [-0.15, -0.1) is 21.5 Å². The van der Waals surface area contributed by atoms with Crippen molar-refractivity contribution in [2.75, 3.05) is 24.5 Å². The fourth-order valence-corrected chi connectivity index (χ4v) is 3.95. The van der Waals surface area contributed by atoms with Gasteiger partial charge in [0.1, 0.15) is 11.5 Å². The number of rotatable bonds is 2. The Morgan fingerprint density at radius 2 is 2.09 bits per heavy atom. The Bertz CT molecular complexity index is 658. The molecule has 0 spiro atoms. The molecular weight excluding hydrogens is 300 g/mol. The number of aromatic nitrogens is 4. The Kier molecular flexibility index (Phi) is 3.59. The predicted molar refractivity (Wildman–Crippen MR) is 85.1 cm³/mol. The highest BCUT2D eigenvalue weighted by atomic mass is 32.1. The van der Waals surface area contributed by atoms with E-state index in [0.717, 1.165) is 55.2 Å². The lowest BCUT2D eigenvalue weighted by Gasteiger charge is -2.35. The highest BCUT2D eigenvalue weighted by Crippen LogP contribution is 2.29. The van der Waals surface area contributed by atoms with Gasteiger partial charge in [-0.05, 0) is 13.8 Å². The van der Waals surface area contributed by atoms with Gasteiger partial charge in [0.15, 0.2) is 11.0 Å². The van der Waals surface area contributed by atoms with Gasteiger partial charge in [-0.25, -0.2) is 4.98 Å². The molecule has 4 rings (SSSR count). The first-order valence-electron chi connectivity index (χ1n) is 7.70. The van der Waals surface area contributed by atoms with Gasteiger partial charge in [0.2, 0.25) is 0 Å². The molecule has 2 aromatic heterocycles. The summed E-state index contributed by atoms with van der Waals surface area (Å²) in [5.74, 6) is 1.87. The second-order valence-electron chi connectivity index (χ2n) is 5.95. The average molecular weight is 320 g/mol. The lowest BCUT2D eigenvalue weighted by atomic mass is 10.2. The number of ether oxygens (including phenoxy) is 1. The maximum Gasteiger partial charge on any atom is 0.186 e. The van der Waals surface area contributed by atoms with Crippen LogP contribution in [-0.2, 0) is 17.8 Å². The summed E-state index contributed by atoms with van der Waals surface area (Å²) in [5.41, 5.74) is 0.924. The van der Waals surface area contributed by atoms with E-state index in [1.54, 1.807) is 11.3 Å². The summed E-state index contributed by atoms with van der Waals surface area (Å²) < 4.78 is 7.96. The molecular formula is C14H20N6OS. The molecule has 0 aromatic carbocycles. The Balaban J connectivity index is 1.60. The summed E-state index contributed by atoms with van der Waals surface area (Å²) in [5, 5.41) is 15.0. The van der Waals surface area contributed by atoms with Crippen LogP contribution in [-0.4, -0.2) is 51.6 Å². The fraction of sp³-hybridized carbons (Fsp3) is 0.643. The first kappa shape index (κ1) is 14.1. The Hall–Kier alpha value is -1.51. The maximum absolute atomic E-state index is 5.79. The van der Waals surface area contributed by atoms with Crippen molar-refractivity contribution in [2.24, 2.45) is 0 Å². The second-order valence-corrected chi connectivity index (χ2v) is 6.78. The smallest absolute Gasteiger partial charge is 0.186 e. The molecule has 22 heavy (non-hydrogen) atoms. The Labute approximate surface area is 133 Å². The molecule has 1 N–H and O–H groups in total. The summed E-state index contributed by atoms with van der Waals surface area (Å²) in [6, 6.07) is 0. The number of anilines is 1. The molecule has 7 nitrogen and oxygen atoms in total. The Morgan fingerprint density at radius 1 is 1.27 bits per heavy atom. The van der Waals surface area contributed by atoms with Crippen LogP contribution in [0.5, 0.6) is 0 Å². The highest BCUT2D eigenvalue weighted by Gasteiger charge is 2.25. The van der Waals surface area contributed by atoms with Crippen molar-refractivity contribution in [1.82, 2.24) is 25.1 Å². The van der Waals surface area contributed by atoms with Crippen molar-refractivity contribution in [2.45, 2.75) is 39.1 Å². The number of nitrogens with one attached hydrogen (secondary N) is 1. The van der Waals surface area contributed by atoms with Crippen LogP contribution in [0.2, 0.25) is 0 Å². The molecule has 1 fully saturated rings. The molecule has 4 heterocycles. The van der Waals surface area contributed by atoms with E-state index in [0.29, 0.717) is 0 Å². The van der Waals surface area contributed by atoms with Crippen molar-refractivity contribution in [3.05, 3.63) is 11.2 Å². The van der Waals surface area contributed by atoms with Crippen molar-refractivity contribution in [3.8, 4) is 11.5 Å². The minimum atomic E-state index is 0.239. The van der Waals surface area contributed by atoms with Crippen molar-refractivity contribution in [1.29, 1.82) is 0 Å². The summed E-state index contributed by atoms with van der Waals surface area (Å²) in [6.45, 7) is 8.63. The van der Waals surface area contributed by atoms with Gasteiger partial charge in [-0.1, -0.05) is 0 Å². The van der Waals surface area contributed by atoms with E-state index in [1.165, 1.54) is 0 Å². The number of hydrogen-bond acceptors (Lipinski definition) is 7. The van der Waals surface area contributed by atoms with E-state index in [4.69, 9.17) is 9.72 Å². The van der Waals surface area contributed by atoms with Crippen LogP contribution in [0.15, 0.2) is 5.38 Å². The van der Waals surface area contributed by atoms with E-state index in [2.05, 4.69) is 44.2 Å². The molecule has 2 aliphatic heterocycles. The van der Waals surface area contributed by atoms with E-state index in [-0.39, 0.29) is 12.2 Å². The number of morpholine rings is 1. The molecule has 8 heteroatoms. The van der Waals surface area contributed by atoms with Crippen LogP contribution < -0.4 is 10.2 Å². The summed E-state index contributed by atoms with van der Waals surface area (Å²) in [6.07, 6.45) is 0.478. The fourth-order valence-electron chi connectivity index (χ4n) is 3.13. The number of thiazole rings is 1. The monoisotopic (exact) mass is 320 g/mol. The molecule has 2 aromatic rings. The highest BCUT2D eigenvalue weighted by molar-refractivity contribution is 7.14. The minimum absolute atomic E-state index is 0.239. The van der Waals surface area contributed by atoms with Crippen molar-refractivity contribution in [3.63, 3.8) is 0 Å². The lowest BCUT2D eigenvalue weighted by molar-refractivity contribution is -0.00522. The summed E-state index contributed by atoms with van der Waals surface area (Å²) in [4.78, 5) is 7.11. The molecule has 2 aliphatic rings. The first-order valence-corrected chi connectivity index (χ1v) is 8.58. The van der Waals surface area contributed by atoms with E-state index < -0.39 is 0 Å². The summed E-state index contributed by atoms with van der Waals surface area (Å²) >= 11 is 1.67. The van der Waals surface area contributed by atoms with Crippen LogP contribution in [0.3, 0.4) is 0 Å². The SMILES string of the molecule is CC1CN(c2nc(-c3nnc4n3CCNC4)cs2)CC(C)O1. The van der Waals surface area contributed by atoms with E-state index >= 15 is 0 Å². The third-order valence-corrected chi connectivity index (χ3v) is 4.94. The first-order chi connectivity index (χ1) is 10.7. The normalized spacial score (nSPS) is 25.3. The molecule has 118 valence electrons. The molecule has 0 amide bonds. The number of nitrogens with zero attached hydrogens (tertiary/aromatic N) is 5. The van der Waals surface area contributed by atoms with Gasteiger partial charge in [-0.3, -0.25) is 0 Å². The third kappa shape index (κ3) is 2.51. The van der Waals surface area contributed by atoms with Crippen LogP contribution in [0.1, 0.15) is 19.7 Å². The van der Waals surface area contributed by atoms with E-state index in [1.807, 2.05) is 0 Å². The predicted octanol–water partition coefficient (Wildman–Crippen LogP) is 1.12. The van der Waals surface area contributed by atoms with Crippen LogP contribution in [0.25, 0.3) is 11.5 Å². The Morgan fingerprint density at radius 3 is 2.91 bits per heavy atom. The zero-order valence-corrected chi connectivity index (χ0v) is 13.6. The van der Waals surface area contributed by atoms with Gasteiger partial charge < -0.3 is 19.5 Å². The molecule has 2 unspecified atom stereocenters.